The van der Waals surface area contributed by atoms with Crippen LogP contribution in [0.2, 0.25) is 0 Å². The van der Waals surface area contributed by atoms with Crippen LogP contribution in [0.25, 0.3) is 11.5 Å². The molecule has 0 saturated carbocycles. The van der Waals surface area contributed by atoms with Gasteiger partial charge in [-0.25, -0.2) is 4.39 Å². The summed E-state index contributed by atoms with van der Waals surface area (Å²) in [4.78, 5) is 0. The van der Waals surface area contributed by atoms with E-state index in [-0.39, 0.29) is 11.6 Å². The maximum absolute atomic E-state index is 13.9. The lowest BCUT2D eigenvalue weighted by molar-refractivity contribution is 0.321. The summed E-state index contributed by atoms with van der Waals surface area (Å²) >= 11 is 0. The molecule has 3 rings (SSSR count). The summed E-state index contributed by atoms with van der Waals surface area (Å²) in [6, 6.07) is 11.2. The van der Waals surface area contributed by atoms with Gasteiger partial charge in [-0.15, -0.1) is 5.10 Å². The lowest BCUT2D eigenvalue weighted by Gasteiger charge is -2.07. The maximum atomic E-state index is 13.9. The van der Waals surface area contributed by atoms with Crippen molar-refractivity contribution in [3.8, 4) is 17.2 Å². The molecule has 0 bridgehead atoms. The number of ether oxygens (including phenoxy) is 1. The summed E-state index contributed by atoms with van der Waals surface area (Å²) in [7, 11) is 0. The highest BCUT2D eigenvalue weighted by molar-refractivity contribution is 5.59. The van der Waals surface area contributed by atoms with Gasteiger partial charge >= 0.3 is 6.01 Å². The Balaban J connectivity index is 1.69. The summed E-state index contributed by atoms with van der Waals surface area (Å²) in [5.74, 6) is 0.321. The van der Waals surface area contributed by atoms with Crippen LogP contribution in [0.3, 0.4) is 0 Å². The van der Waals surface area contributed by atoms with Gasteiger partial charge in [0.1, 0.15) is 0 Å². The molecule has 1 aromatic heterocycles. The van der Waals surface area contributed by atoms with Gasteiger partial charge in [-0.1, -0.05) is 28.9 Å². The van der Waals surface area contributed by atoms with Gasteiger partial charge in [0.2, 0.25) is 5.89 Å². The number of rotatable bonds is 6. The van der Waals surface area contributed by atoms with Gasteiger partial charge in [0.05, 0.1) is 6.61 Å². The van der Waals surface area contributed by atoms with E-state index in [4.69, 9.17) is 9.15 Å². The highest BCUT2D eigenvalue weighted by Crippen LogP contribution is 2.25. The van der Waals surface area contributed by atoms with E-state index in [0.29, 0.717) is 25.1 Å². The standard InChI is InChI=1S/C19H20FN3O2/c1-4-24-17-8-6-14(10-16(17)20)11-21-19-23-22-18(25-19)15-7-5-12(2)9-13(15)3/h5-10H,4,11H2,1-3H3,(H,21,23). The third-order valence-electron chi connectivity index (χ3n) is 3.78. The molecule has 0 unspecified atom stereocenters. The Morgan fingerprint density at radius 3 is 2.68 bits per heavy atom. The molecular formula is C19H20FN3O2. The van der Waals surface area contributed by atoms with E-state index in [1.165, 1.54) is 11.6 Å². The topological polar surface area (TPSA) is 60.2 Å². The highest BCUT2D eigenvalue weighted by atomic mass is 19.1. The van der Waals surface area contributed by atoms with Gasteiger partial charge in [0.25, 0.3) is 0 Å². The molecule has 0 fully saturated rings. The number of benzene rings is 2. The molecule has 0 atom stereocenters. The Bertz CT molecular complexity index is 877. The first kappa shape index (κ1) is 17.0. The first-order valence-corrected chi connectivity index (χ1v) is 8.13. The second-order valence-corrected chi connectivity index (χ2v) is 5.78. The quantitative estimate of drug-likeness (QED) is 0.715. The zero-order valence-electron chi connectivity index (χ0n) is 14.5. The SMILES string of the molecule is CCOc1ccc(CNc2nnc(-c3ccc(C)cc3C)o2)cc1F. The van der Waals surface area contributed by atoms with Crippen molar-refractivity contribution in [2.75, 3.05) is 11.9 Å². The van der Waals surface area contributed by atoms with Crippen LogP contribution >= 0.6 is 0 Å². The number of aromatic nitrogens is 2. The number of aryl methyl sites for hydroxylation is 2. The number of nitrogens with one attached hydrogen (secondary N) is 1. The monoisotopic (exact) mass is 341 g/mol. The van der Waals surface area contributed by atoms with E-state index in [2.05, 4.69) is 21.6 Å². The molecular weight excluding hydrogens is 321 g/mol. The summed E-state index contributed by atoms with van der Waals surface area (Å²) in [6.07, 6.45) is 0. The summed E-state index contributed by atoms with van der Waals surface area (Å²) in [6.45, 7) is 6.66. The fraction of sp³-hybridized carbons (Fsp3) is 0.263. The summed E-state index contributed by atoms with van der Waals surface area (Å²) < 4.78 is 24.7. The van der Waals surface area contributed by atoms with Crippen LogP contribution in [0.4, 0.5) is 10.4 Å². The third-order valence-corrected chi connectivity index (χ3v) is 3.78. The molecule has 0 spiro atoms. The van der Waals surface area contributed by atoms with Gasteiger partial charge < -0.3 is 14.5 Å². The second kappa shape index (κ2) is 7.34. The Labute approximate surface area is 145 Å². The van der Waals surface area contributed by atoms with Crippen LogP contribution in [-0.2, 0) is 6.54 Å². The molecule has 0 radical (unpaired) electrons. The van der Waals surface area contributed by atoms with Crippen LogP contribution in [-0.4, -0.2) is 16.8 Å². The molecule has 5 nitrogen and oxygen atoms in total. The molecule has 3 aromatic rings. The molecule has 0 aliphatic heterocycles. The minimum Gasteiger partial charge on any atom is -0.491 e. The zero-order valence-corrected chi connectivity index (χ0v) is 14.5. The maximum Gasteiger partial charge on any atom is 0.316 e. The molecule has 0 aliphatic carbocycles. The van der Waals surface area contributed by atoms with E-state index >= 15 is 0 Å². The first-order chi connectivity index (χ1) is 12.1. The first-order valence-electron chi connectivity index (χ1n) is 8.13. The van der Waals surface area contributed by atoms with Gasteiger partial charge in [-0.05, 0) is 50.1 Å². The minimum atomic E-state index is -0.386. The van der Waals surface area contributed by atoms with Crippen LogP contribution in [0.15, 0.2) is 40.8 Å². The number of hydrogen-bond donors (Lipinski definition) is 1. The van der Waals surface area contributed by atoms with Crippen molar-refractivity contribution in [3.63, 3.8) is 0 Å². The van der Waals surface area contributed by atoms with E-state index in [0.717, 1.165) is 16.7 Å². The molecule has 25 heavy (non-hydrogen) atoms. The summed E-state index contributed by atoms with van der Waals surface area (Å²) in [5, 5.41) is 11.1. The molecule has 0 aliphatic rings. The van der Waals surface area contributed by atoms with Gasteiger partial charge in [-0.3, -0.25) is 0 Å². The molecule has 2 aromatic carbocycles. The van der Waals surface area contributed by atoms with E-state index in [1.807, 2.05) is 32.9 Å². The predicted octanol–water partition coefficient (Wildman–Crippen LogP) is 4.50. The number of anilines is 1. The van der Waals surface area contributed by atoms with Crippen molar-refractivity contribution in [1.82, 2.24) is 10.2 Å². The van der Waals surface area contributed by atoms with Crippen molar-refractivity contribution in [1.29, 1.82) is 0 Å². The number of halogens is 1. The molecule has 0 amide bonds. The van der Waals surface area contributed by atoms with Gasteiger partial charge in [0.15, 0.2) is 11.6 Å². The Kier molecular flexibility index (Phi) is 4.97. The molecule has 1 heterocycles. The van der Waals surface area contributed by atoms with E-state index in [9.17, 15) is 4.39 Å². The van der Waals surface area contributed by atoms with Crippen LogP contribution < -0.4 is 10.1 Å². The normalized spacial score (nSPS) is 10.7. The lowest BCUT2D eigenvalue weighted by Crippen LogP contribution is -2.01. The Hall–Kier alpha value is -2.89. The zero-order chi connectivity index (χ0) is 17.8. The predicted molar refractivity (Wildman–Crippen MR) is 94.1 cm³/mol. The fourth-order valence-electron chi connectivity index (χ4n) is 2.56. The molecule has 6 heteroatoms. The summed E-state index contributed by atoms with van der Waals surface area (Å²) in [5.41, 5.74) is 3.91. The van der Waals surface area contributed by atoms with Crippen molar-refractivity contribution in [3.05, 3.63) is 58.9 Å². The molecule has 1 N–H and O–H groups in total. The second-order valence-electron chi connectivity index (χ2n) is 5.78. The Morgan fingerprint density at radius 1 is 1.12 bits per heavy atom. The van der Waals surface area contributed by atoms with Crippen LogP contribution in [0.1, 0.15) is 23.6 Å². The average Bonchev–Trinajstić information content (AvgIpc) is 3.04. The number of hydrogen-bond acceptors (Lipinski definition) is 5. The van der Waals surface area contributed by atoms with Crippen molar-refractivity contribution in [2.24, 2.45) is 0 Å². The largest absolute Gasteiger partial charge is 0.491 e. The van der Waals surface area contributed by atoms with Crippen molar-refractivity contribution < 1.29 is 13.5 Å². The van der Waals surface area contributed by atoms with Crippen LogP contribution in [0.5, 0.6) is 5.75 Å². The van der Waals surface area contributed by atoms with Crippen LogP contribution in [0, 0.1) is 19.7 Å². The lowest BCUT2D eigenvalue weighted by atomic mass is 10.1. The molecule has 130 valence electrons. The fourth-order valence-corrected chi connectivity index (χ4v) is 2.56. The smallest absolute Gasteiger partial charge is 0.316 e. The van der Waals surface area contributed by atoms with Gasteiger partial charge in [-0.2, -0.15) is 0 Å². The van der Waals surface area contributed by atoms with Gasteiger partial charge in [0, 0.05) is 12.1 Å². The number of nitrogens with zero attached hydrogens (tertiary/aromatic N) is 2. The van der Waals surface area contributed by atoms with E-state index < -0.39 is 0 Å². The Morgan fingerprint density at radius 2 is 1.96 bits per heavy atom. The average molecular weight is 341 g/mol. The third kappa shape index (κ3) is 3.96. The molecule has 0 saturated heterocycles. The highest BCUT2D eigenvalue weighted by Gasteiger charge is 2.11. The van der Waals surface area contributed by atoms with Crippen molar-refractivity contribution >= 4 is 6.01 Å². The van der Waals surface area contributed by atoms with E-state index in [1.54, 1.807) is 12.1 Å². The van der Waals surface area contributed by atoms with Crippen molar-refractivity contribution in [2.45, 2.75) is 27.3 Å². The minimum absolute atomic E-state index is 0.251.